The molecule has 0 bridgehead atoms. The lowest BCUT2D eigenvalue weighted by atomic mass is 10.1. The standard InChI is InChI=1S/C15H11Br2NO/c16-11-5-6-14-10(9-11)7-8-18(14)15(19)12-3-1-2-4-13(12)17/h1-6,9H,7-8H2. The number of benzene rings is 2. The highest BCUT2D eigenvalue weighted by Crippen LogP contribution is 2.32. The van der Waals surface area contributed by atoms with Crippen LogP contribution in [0.15, 0.2) is 51.4 Å². The van der Waals surface area contributed by atoms with Crippen LogP contribution in [0.5, 0.6) is 0 Å². The molecule has 4 heteroatoms. The van der Waals surface area contributed by atoms with E-state index < -0.39 is 0 Å². The Bertz CT molecular complexity index is 654. The third kappa shape index (κ3) is 2.35. The van der Waals surface area contributed by atoms with Gasteiger partial charge in [-0.2, -0.15) is 0 Å². The first-order valence-electron chi connectivity index (χ1n) is 6.01. The number of halogens is 2. The van der Waals surface area contributed by atoms with Crippen molar-refractivity contribution < 1.29 is 4.79 Å². The molecule has 19 heavy (non-hydrogen) atoms. The van der Waals surface area contributed by atoms with Crippen LogP contribution in [0.4, 0.5) is 5.69 Å². The number of carbonyl (C=O) groups excluding carboxylic acids is 1. The molecule has 0 aliphatic carbocycles. The Morgan fingerprint density at radius 3 is 2.68 bits per heavy atom. The van der Waals surface area contributed by atoms with Crippen molar-refractivity contribution in [1.29, 1.82) is 0 Å². The number of hydrogen-bond acceptors (Lipinski definition) is 1. The van der Waals surface area contributed by atoms with Crippen molar-refractivity contribution in [2.24, 2.45) is 0 Å². The van der Waals surface area contributed by atoms with Crippen LogP contribution in [0.1, 0.15) is 15.9 Å². The third-order valence-corrected chi connectivity index (χ3v) is 4.47. The van der Waals surface area contributed by atoms with Gasteiger partial charge in [0, 0.05) is 21.2 Å². The Hall–Kier alpha value is -1.13. The summed E-state index contributed by atoms with van der Waals surface area (Å²) in [5.41, 5.74) is 2.94. The lowest BCUT2D eigenvalue weighted by Crippen LogP contribution is -2.29. The topological polar surface area (TPSA) is 20.3 Å². The summed E-state index contributed by atoms with van der Waals surface area (Å²) < 4.78 is 1.90. The molecule has 1 heterocycles. The van der Waals surface area contributed by atoms with E-state index in [4.69, 9.17) is 0 Å². The number of carbonyl (C=O) groups is 1. The molecule has 0 spiro atoms. The van der Waals surface area contributed by atoms with Crippen molar-refractivity contribution in [2.45, 2.75) is 6.42 Å². The maximum Gasteiger partial charge on any atom is 0.259 e. The van der Waals surface area contributed by atoms with Crippen LogP contribution in [-0.4, -0.2) is 12.5 Å². The van der Waals surface area contributed by atoms with E-state index in [2.05, 4.69) is 37.9 Å². The molecule has 1 aliphatic rings. The molecule has 2 aromatic rings. The summed E-state index contributed by atoms with van der Waals surface area (Å²) in [6, 6.07) is 13.6. The van der Waals surface area contributed by atoms with E-state index in [9.17, 15) is 4.79 Å². The highest BCUT2D eigenvalue weighted by molar-refractivity contribution is 9.10. The average molecular weight is 381 g/mol. The van der Waals surface area contributed by atoms with Gasteiger partial charge >= 0.3 is 0 Å². The van der Waals surface area contributed by atoms with Crippen LogP contribution in [0.25, 0.3) is 0 Å². The van der Waals surface area contributed by atoms with E-state index in [1.54, 1.807) is 0 Å². The minimum absolute atomic E-state index is 0.0496. The van der Waals surface area contributed by atoms with Gasteiger partial charge in [0.05, 0.1) is 5.56 Å². The Balaban J connectivity index is 1.98. The number of rotatable bonds is 1. The zero-order valence-corrected chi connectivity index (χ0v) is 13.2. The molecule has 1 aliphatic heterocycles. The van der Waals surface area contributed by atoms with Gasteiger partial charge in [-0.05, 0) is 58.2 Å². The summed E-state index contributed by atoms with van der Waals surface area (Å²) in [5, 5.41) is 0. The highest BCUT2D eigenvalue weighted by atomic mass is 79.9. The molecule has 2 nitrogen and oxygen atoms in total. The van der Waals surface area contributed by atoms with E-state index in [0.29, 0.717) is 5.56 Å². The zero-order chi connectivity index (χ0) is 13.4. The van der Waals surface area contributed by atoms with Gasteiger partial charge in [0.15, 0.2) is 0 Å². The normalized spacial score (nSPS) is 13.5. The predicted octanol–water partition coefficient (Wildman–Crippen LogP) is 4.41. The molecule has 3 rings (SSSR count). The molecule has 0 radical (unpaired) electrons. The molecule has 0 saturated carbocycles. The second-order valence-electron chi connectivity index (χ2n) is 4.46. The molecule has 0 unspecified atom stereocenters. The van der Waals surface area contributed by atoms with Gasteiger partial charge < -0.3 is 4.90 Å². The van der Waals surface area contributed by atoms with Gasteiger partial charge in [0.2, 0.25) is 0 Å². The minimum Gasteiger partial charge on any atom is -0.308 e. The molecule has 0 saturated heterocycles. The molecule has 1 amide bonds. The van der Waals surface area contributed by atoms with Crippen LogP contribution in [0.3, 0.4) is 0 Å². The van der Waals surface area contributed by atoms with Gasteiger partial charge in [0.25, 0.3) is 5.91 Å². The second kappa shape index (κ2) is 5.10. The lowest BCUT2D eigenvalue weighted by Gasteiger charge is -2.18. The maximum absolute atomic E-state index is 12.6. The Morgan fingerprint density at radius 2 is 1.89 bits per heavy atom. The summed E-state index contributed by atoms with van der Waals surface area (Å²) in [6.45, 7) is 0.742. The molecular formula is C15H11Br2NO. The molecule has 2 aromatic carbocycles. The lowest BCUT2D eigenvalue weighted by molar-refractivity contribution is 0.0988. The van der Waals surface area contributed by atoms with Crippen LogP contribution in [0, 0.1) is 0 Å². The number of anilines is 1. The first-order chi connectivity index (χ1) is 9.16. The Labute approximate surface area is 128 Å². The van der Waals surface area contributed by atoms with Gasteiger partial charge in [-0.3, -0.25) is 4.79 Å². The van der Waals surface area contributed by atoms with Gasteiger partial charge in [0.1, 0.15) is 0 Å². The third-order valence-electron chi connectivity index (χ3n) is 3.29. The van der Waals surface area contributed by atoms with E-state index in [-0.39, 0.29) is 5.91 Å². The van der Waals surface area contributed by atoms with Gasteiger partial charge in [-0.15, -0.1) is 0 Å². The second-order valence-corrected chi connectivity index (χ2v) is 6.23. The van der Waals surface area contributed by atoms with Crippen LogP contribution < -0.4 is 4.90 Å². The van der Waals surface area contributed by atoms with Gasteiger partial charge in [-0.25, -0.2) is 0 Å². The van der Waals surface area contributed by atoms with Crippen molar-refractivity contribution in [2.75, 3.05) is 11.4 Å². The van der Waals surface area contributed by atoms with Crippen LogP contribution >= 0.6 is 31.9 Å². The fraction of sp³-hybridized carbons (Fsp3) is 0.133. The SMILES string of the molecule is O=C(c1ccccc1Br)N1CCc2cc(Br)ccc21. The minimum atomic E-state index is 0.0496. The number of amides is 1. The summed E-state index contributed by atoms with van der Waals surface area (Å²) in [4.78, 5) is 14.4. The fourth-order valence-electron chi connectivity index (χ4n) is 2.36. The summed E-state index contributed by atoms with van der Waals surface area (Å²) >= 11 is 6.91. The van der Waals surface area contributed by atoms with Crippen molar-refractivity contribution >= 4 is 43.5 Å². The number of nitrogens with zero attached hydrogens (tertiary/aromatic N) is 1. The van der Waals surface area contributed by atoms with E-state index in [0.717, 1.165) is 27.6 Å². The van der Waals surface area contributed by atoms with Gasteiger partial charge in [-0.1, -0.05) is 28.1 Å². The van der Waals surface area contributed by atoms with Crippen LogP contribution in [-0.2, 0) is 6.42 Å². The maximum atomic E-state index is 12.6. The highest BCUT2D eigenvalue weighted by Gasteiger charge is 2.26. The van der Waals surface area contributed by atoms with E-state index in [1.807, 2.05) is 41.3 Å². The van der Waals surface area contributed by atoms with Crippen molar-refractivity contribution in [3.05, 3.63) is 62.5 Å². The van der Waals surface area contributed by atoms with E-state index in [1.165, 1.54) is 5.56 Å². The van der Waals surface area contributed by atoms with Crippen molar-refractivity contribution in [1.82, 2.24) is 0 Å². The number of fused-ring (bicyclic) bond motifs is 1. The Kier molecular flexibility index (Phi) is 3.46. The zero-order valence-electron chi connectivity index (χ0n) is 10.1. The molecule has 0 fully saturated rings. The molecule has 0 atom stereocenters. The molecule has 96 valence electrons. The molecule has 0 aromatic heterocycles. The van der Waals surface area contributed by atoms with Crippen molar-refractivity contribution in [3.63, 3.8) is 0 Å². The fourth-order valence-corrected chi connectivity index (χ4v) is 3.22. The average Bonchev–Trinajstić information content (AvgIpc) is 2.81. The first kappa shape index (κ1) is 12.9. The summed E-state index contributed by atoms with van der Waals surface area (Å²) in [6.07, 6.45) is 0.908. The number of hydrogen-bond donors (Lipinski definition) is 0. The van der Waals surface area contributed by atoms with Crippen molar-refractivity contribution in [3.8, 4) is 0 Å². The largest absolute Gasteiger partial charge is 0.308 e. The molecular weight excluding hydrogens is 370 g/mol. The Morgan fingerprint density at radius 1 is 1.11 bits per heavy atom. The van der Waals surface area contributed by atoms with E-state index >= 15 is 0 Å². The summed E-state index contributed by atoms with van der Waals surface area (Å²) in [7, 11) is 0. The predicted molar refractivity (Wildman–Crippen MR) is 83.7 cm³/mol. The van der Waals surface area contributed by atoms with Crippen LogP contribution in [0.2, 0.25) is 0 Å². The first-order valence-corrected chi connectivity index (χ1v) is 7.60. The smallest absolute Gasteiger partial charge is 0.259 e. The quantitative estimate of drug-likeness (QED) is 0.717. The monoisotopic (exact) mass is 379 g/mol. The summed E-state index contributed by atoms with van der Waals surface area (Å²) in [5.74, 6) is 0.0496. The molecule has 0 N–H and O–H groups in total.